The molecule has 1 saturated heterocycles. The van der Waals surface area contributed by atoms with Crippen molar-refractivity contribution in [2.24, 2.45) is 0 Å². The molecule has 2 aromatic heterocycles. The highest BCUT2D eigenvalue weighted by Crippen LogP contribution is 2.40. The summed E-state index contributed by atoms with van der Waals surface area (Å²) >= 11 is 0. The van der Waals surface area contributed by atoms with E-state index < -0.39 is 11.7 Å². The molecule has 9 heteroatoms. The van der Waals surface area contributed by atoms with Crippen LogP contribution in [-0.2, 0) is 6.18 Å². The average Bonchev–Trinajstić information content (AvgIpc) is 3.12. The molecule has 3 N–H and O–H groups in total. The third-order valence-corrected chi connectivity index (χ3v) is 5.15. The Morgan fingerprint density at radius 1 is 1.24 bits per heavy atom. The number of hydrogen-bond acceptors (Lipinski definition) is 5. The first-order valence-electron chi connectivity index (χ1n) is 9.54. The summed E-state index contributed by atoms with van der Waals surface area (Å²) in [5.74, 6) is 0.208. The van der Waals surface area contributed by atoms with Crippen LogP contribution in [-0.4, -0.2) is 48.2 Å². The Morgan fingerprint density at radius 2 is 2.07 bits per heavy atom. The van der Waals surface area contributed by atoms with Gasteiger partial charge < -0.3 is 20.5 Å². The summed E-state index contributed by atoms with van der Waals surface area (Å²) in [5.41, 5.74) is 1.10. The molecule has 4 rings (SSSR count). The van der Waals surface area contributed by atoms with Crippen LogP contribution in [0.15, 0.2) is 30.6 Å². The predicted molar refractivity (Wildman–Crippen MR) is 108 cm³/mol. The molecule has 1 aromatic carbocycles. The molecule has 0 radical (unpaired) electrons. The molecule has 0 aliphatic carbocycles. The minimum atomic E-state index is -4.55. The van der Waals surface area contributed by atoms with Crippen molar-refractivity contribution in [3.05, 3.63) is 36.2 Å². The summed E-state index contributed by atoms with van der Waals surface area (Å²) in [6.07, 6.45) is -0.174. The van der Waals surface area contributed by atoms with Crippen molar-refractivity contribution in [1.82, 2.24) is 20.3 Å². The number of aromatic amines is 1. The minimum Gasteiger partial charge on any atom is -0.376 e. The molecule has 3 heterocycles. The highest BCUT2D eigenvalue weighted by molar-refractivity contribution is 6.01. The molecule has 29 heavy (non-hydrogen) atoms. The summed E-state index contributed by atoms with van der Waals surface area (Å²) < 4.78 is 41.1. The summed E-state index contributed by atoms with van der Waals surface area (Å²) in [5, 5.41) is 7.12. The molecule has 0 amide bonds. The lowest BCUT2D eigenvalue weighted by molar-refractivity contribution is -0.137. The quantitative estimate of drug-likeness (QED) is 0.616. The summed E-state index contributed by atoms with van der Waals surface area (Å²) in [6.45, 7) is 1.68. The van der Waals surface area contributed by atoms with Crippen molar-refractivity contribution in [2.45, 2.75) is 25.1 Å². The number of nitrogens with zero attached hydrogens (tertiary/aromatic N) is 3. The zero-order valence-electron chi connectivity index (χ0n) is 16.3. The number of nitrogens with one attached hydrogen (secondary N) is 3. The van der Waals surface area contributed by atoms with E-state index in [1.807, 2.05) is 31.1 Å². The second-order valence-corrected chi connectivity index (χ2v) is 7.44. The van der Waals surface area contributed by atoms with Gasteiger partial charge in [-0.3, -0.25) is 0 Å². The maximum atomic E-state index is 13.7. The average molecular weight is 404 g/mol. The molecule has 0 spiro atoms. The van der Waals surface area contributed by atoms with Crippen molar-refractivity contribution < 1.29 is 13.2 Å². The number of fused-ring (bicyclic) bond motifs is 1. The van der Waals surface area contributed by atoms with Crippen LogP contribution in [0.25, 0.3) is 22.2 Å². The van der Waals surface area contributed by atoms with Gasteiger partial charge in [0.25, 0.3) is 0 Å². The van der Waals surface area contributed by atoms with Gasteiger partial charge in [0, 0.05) is 50.0 Å². The molecule has 1 unspecified atom stereocenters. The second-order valence-electron chi connectivity index (χ2n) is 7.44. The van der Waals surface area contributed by atoms with Gasteiger partial charge in [0.05, 0.1) is 16.9 Å². The third-order valence-electron chi connectivity index (χ3n) is 5.15. The van der Waals surface area contributed by atoms with Crippen LogP contribution < -0.4 is 15.5 Å². The first-order valence-corrected chi connectivity index (χ1v) is 9.54. The normalized spacial score (nSPS) is 17.5. The van der Waals surface area contributed by atoms with Gasteiger partial charge in [0.2, 0.25) is 5.95 Å². The van der Waals surface area contributed by atoms with Crippen LogP contribution >= 0.6 is 0 Å². The number of aromatic nitrogens is 3. The fourth-order valence-electron chi connectivity index (χ4n) is 3.73. The number of H-pyrrole nitrogens is 1. The lowest BCUT2D eigenvalue weighted by atomic mass is 10.0. The van der Waals surface area contributed by atoms with Gasteiger partial charge >= 0.3 is 6.18 Å². The van der Waals surface area contributed by atoms with Crippen LogP contribution in [0.5, 0.6) is 0 Å². The van der Waals surface area contributed by atoms with E-state index in [4.69, 9.17) is 0 Å². The van der Waals surface area contributed by atoms with E-state index in [2.05, 4.69) is 25.6 Å². The number of halogens is 3. The largest absolute Gasteiger partial charge is 0.419 e. The Hall–Kier alpha value is -2.81. The smallest absolute Gasteiger partial charge is 0.376 e. The maximum absolute atomic E-state index is 13.7. The number of anilines is 2. The molecule has 154 valence electrons. The van der Waals surface area contributed by atoms with E-state index in [0.717, 1.165) is 43.3 Å². The second kappa shape index (κ2) is 7.55. The zero-order chi connectivity index (χ0) is 20.6. The lowest BCUT2D eigenvalue weighted by Crippen LogP contribution is -2.38. The molecule has 1 atom stereocenters. The molecule has 6 nitrogen and oxygen atoms in total. The van der Waals surface area contributed by atoms with Crippen molar-refractivity contribution in [3.8, 4) is 11.3 Å². The van der Waals surface area contributed by atoms with Crippen molar-refractivity contribution in [2.75, 3.05) is 37.4 Å². The highest BCUT2D eigenvalue weighted by atomic mass is 19.4. The monoisotopic (exact) mass is 404 g/mol. The fourth-order valence-corrected chi connectivity index (χ4v) is 3.73. The van der Waals surface area contributed by atoms with Crippen molar-refractivity contribution >= 4 is 22.5 Å². The summed E-state index contributed by atoms with van der Waals surface area (Å²) in [6, 6.07) is 5.64. The standard InChI is InChI=1S/C20H23F3N6/c1-29(2)16-7-3-6-13-14(10-25-18(13)16)17-15(20(21,22)23)11-26-19(28-17)27-12-5-4-8-24-9-12/h3,6-7,10-12,24-25H,4-5,8-9H2,1-2H3,(H,26,27,28). The van der Waals surface area contributed by atoms with Gasteiger partial charge in [0.1, 0.15) is 5.56 Å². The summed E-state index contributed by atoms with van der Waals surface area (Å²) in [7, 11) is 3.78. The van der Waals surface area contributed by atoms with E-state index in [9.17, 15) is 13.2 Å². The van der Waals surface area contributed by atoms with Gasteiger partial charge in [0.15, 0.2) is 0 Å². The molecule has 0 bridgehead atoms. The molecular weight excluding hydrogens is 381 g/mol. The van der Waals surface area contributed by atoms with Crippen LogP contribution in [0.1, 0.15) is 18.4 Å². The van der Waals surface area contributed by atoms with Crippen molar-refractivity contribution in [3.63, 3.8) is 0 Å². The zero-order valence-corrected chi connectivity index (χ0v) is 16.3. The van der Waals surface area contributed by atoms with Gasteiger partial charge in [-0.2, -0.15) is 13.2 Å². The number of para-hydroxylation sites is 1. The summed E-state index contributed by atoms with van der Waals surface area (Å²) in [4.78, 5) is 13.3. The van der Waals surface area contributed by atoms with Gasteiger partial charge in [-0.1, -0.05) is 12.1 Å². The van der Waals surface area contributed by atoms with E-state index in [1.165, 1.54) is 0 Å². The van der Waals surface area contributed by atoms with Crippen molar-refractivity contribution in [1.29, 1.82) is 0 Å². The third kappa shape index (κ3) is 3.87. The predicted octanol–water partition coefficient (Wildman–Crippen LogP) is 3.87. The lowest BCUT2D eigenvalue weighted by Gasteiger charge is -2.24. The Balaban J connectivity index is 1.81. The number of benzene rings is 1. The number of rotatable bonds is 4. The SMILES string of the molecule is CN(C)c1cccc2c(-c3nc(NC4CCCNC4)ncc3C(F)(F)F)c[nH]c12. The highest BCUT2D eigenvalue weighted by Gasteiger charge is 2.36. The maximum Gasteiger partial charge on any atom is 0.419 e. The molecule has 1 aliphatic rings. The molecule has 1 aliphatic heterocycles. The molecule has 3 aromatic rings. The van der Waals surface area contributed by atoms with Gasteiger partial charge in [-0.25, -0.2) is 9.97 Å². The van der Waals surface area contributed by atoms with Gasteiger partial charge in [-0.05, 0) is 25.5 Å². The molecule has 0 saturated carbocycles. The topological polar surface area (TPSA) is 68.9 Å². The van der Waals surface area contributed by atoms with E-state index >= 15 is 0 Å². The van der Waals surface area contributed by atoms with E-state index in [0.29, 0.717) is 10.9 Å². The van der Waals surface area contributed by atoms with Crippen LogP contribution in [0.3, 0.4) is 0 Å². The number of piperidine rings is 1. The van der Waals surface area contributed by atoms with E-state index in [-0.39, 0.29) is 17.7 Å². The fraction of sp³-hybridized carbons (Fsp3) is 0.400. The van der Waals surface area contributed by atoms with Gasteiger partial charge in [-0.15, -0.1) is 0 Å². The Labute approximate surface area is 166 Å². The molecular formula is C20H23F3N6. The van der Waals surface area contributed by atoms with Crippen LogP contribution in [0, 0.1) is 0 Å². The van der Waals surface area contributed by atoms with Crippen LogP contribution in [0.4, 0.5) is 24.8 Å². The van der Waals surface area contributed by atoms with Crippen LogP contribution in [0.2, 0.25) is 0 Å². The number of alkyl halides is 3. The van der Waals surface area contributed by atoms with E-state index in [1.54, 1.807) is 12.3 Å². The Bertz CT molecular complexity index is 1010. The first-order chi connectivity index (χ1) is 13.8. The minimum absolute atomic E-state index is 0.0941. The Morgan fingerprint density at radius 3 is 2.76 bits per heavy atom. The first kappa shape index (κ1) is 19.5. The number of hydrogen-bond donors (Lipinski definition) is 3. The Kier molecular flexibility index (Phi) is 5.08. The molecule has 1 fully saturated rings.